The van der Waals surface area contributed by atoms with Crippen molar-refractivity contribution in [3.05, 3.63) is 0 Å². The van der Waals surface area contributed by atoms with Crippen LogP contribution in [0.4, 0.5) is 0 Å². The van der Waals surface area contributed by atoms with Gasteiger partial charge in [0.1, 0.15) is 0 Å². The van der Waals surface area contributed by atoms with Crippen molar-refractivity contribution >= 4 is 11.9 Å². The first kappa shape index (κ1) is 13.9. The van der Waals surface area contributed by atoms with Gasteiger partial charge in [0.15, 0.2) is 0 Å². The van der Waals surface area contributed by atoms with E-state index in [1.807, 2.05) is 6.92 Å². The van der Waals surface area contributed by atoms with Gasteiger partial charge in [0.05, 0.1) is 33.7 Å². The van der Waals surface area contributed by atoms with Crippen LogP contribution in [0.25, 0.3) is 0 Å². The molecular formula is C10H18O5. The highest BCUT2D eigenvalue weighted by Gasteiger charge is 2.18. The van der Waals surface area contributed by atoms with E-state index in [0.717, 1.165) is 0 Å². The molecule has 15 heavy (non-hydrogen) atoms. The molecule has 0 saturated heterocycles. The van der Waals surface area contributed by atoms with E-state index < -0.39 is 0 Å². The van der Waals surface area contributed by atoms with Crippen molar-refractivity contribution < 1.29 is 23.8 Å². The van der Waals surface area contributed by atoms with Crippen LogP contribution in [-0.2, 0) is 23.8 Å². The zero-order chi connectivity index (χ0) is 11.7. The van der Waals surface area contributed by atoms with Gasteiger partial charge in [-0.15, -0.1) is 0 Å². The van der Waals surface area contributed by atoms with Gasteiger partial charge < -0.3 is 14.2 Å². The molecule has 0 atom stereocenters. The van der Waals surface area contributed by atoms with Crippen molar-refractivity contribution in [2.24, 2.45) is 5.92 Å². The second-order valence-corrected chi connectivity index (χ2v) is 3.09. The monoisotopic (exact) mass is 218 g/mol. The first-order valence-corrected chi connectivity index (χ1v) is 4.85. The quantitative estimate of drug-likeness (QED) is 0.590. The fourth-order valence-corrected chi connectivity index (χ4v) is 1.11. The van der Waals surface area contributed by atoms with Gasteiger partial charge >= 0.3 is 11.9 Å². The normalized spacial score (nSPS) is 10.1. The van der Waals surface area contributed by atoms with Crippen LogP contribution in [0.2, 0.25) is 0 Å². The molecule has 0 aromatic carbocycles. The number of rotatable bonds is 7. The first-order valence-electron chi connectivity index (χ1n) is 4.85. The summed E-state index contributed by atoms with van der Waals surface area (Å²) in [7, 11) is 2.64. The molecule has 0 bridgehead atoms. The highest BCUT2D eigenvalue weighted by atomic mass is 16.5. The largest absolute Gasteiger partial charge is 0.469 e. The summed E-state index contributed by atoms with van der Waals surface area (Å²) in [5.74, 6) is -0.864. The highest BCUT2D eigenvalue weighted by molar-refractivity contribution is 5.73. The summed E-state index contributed by atoms with van der Waals surface area (Å²) in [4.78, 5) is 22.1. The Morgan fingerprint density at radius 1 is 1.07 bits per heavy atom. The molecule has 88 valence electrons. The van der Waals surface area contributed by atoms with Crippen molar-refractivity contribution in [1.29, 1.82) is 0 Å². The maximum absolute atomic E-state index is 11.0. The van der Waals surface area contributed by atoms with Gasteiger partial charge in [0, 0.05) is 12.5 Å². The molecule has 0 aliphatic rings. The van der Waals surface area contributed by atoms with Crippen LogP contribution in [-0.4, -0.2) is 39.4 Å². The highest BCUT2D eigenvalue weighted by Crippen LogP contribution is 2.11. The van der Waals surface area contributed by atoms with E-state index in [-0.39, 0.29) is 30.7 Å². The molecular weight excluding hydrogens is 200 g/mol. The van der Waals surface area contributed by atoms with Gasteiger partial charge in [-0.05, 0) is 6.92 Å². The molecule has 0 unspecified atom stereocenters. The molecule has 0 aliphatic heterocycles. The Labute approximate surface area is 89.7 Å². The second-order valence-electron chi connectivity index (χ2n) is 3.09. The molecule has 0 aliphatic carbocycles. The summed E-state index contributed by atoms with van der Waals surface area (Å²) in [5, 5.41) is 0. The first-order chi connectivity index (χ1) is 7.13. The van der Waals surface area contributed by atoms with Crippen LogP contribution < -0.4 is 0 Å². The lowest BCUT2D eigenvalue weighted by molar-refractivity contribution is -0.145. The lowest BCUT2D eigenvalue weighted by Gasteiger charge is -2.13. The summed E-state index contributed by atoms with van der Waals surface area (Å²) in [5.41, 5.74) is 0. The third-order valence-corrected chi connectivity index (χ3v) is 1.92. The van der Waals surface area contributed by atoms with Crippen molar-refractivity contribution in [2.45, 2.75) is 19.8 Å². The molecule has 0 amide bonds. The number of hydrogen-bond acceptors (Lipinski definition) is 5. The number of ether oxygens (including phenoxy) is 3. The average molecular weight is 218 g/mol. The number of methoxy groups -OCH3 is 2. The van der Waals surface area contributed by atoms with E-state index in [0.29, 0.717) is 13.2 Å². The maximum Gasteiger partial charge on any atom is 0.305 e. The Morgan fingerprint density at radius 3 is 1.87 bits per heavy atom. The standard InChI is InChI=1S/C10H18O5/c1-4-15-7-8(5-9(11)13-2)6-10(12)14-3/h8H,4-7H2,1-3H3. The molecule has 0 radical (unpaired) electrons. The van der Waals surface area contributed by atoms with E-state index in [2.05, 4.69) is 9.47 Å². The lowest BCUT2D eigenvalue weighted by atomic mass is 10.0. The van der Waals surface area contributed by atoms with Crippen LogP contribution in [0.1, 0.15) is 19.8 Å². The maximum atomic E-state index is 11.0. The van der Waals surface area contributed by atoms with Gasteiger partial charge in [-0.3, -0.25) is 9.59 Å². The SMILES string of the molecule is CCOCC(CC(=O)OC)CC(=O)OC. The number of carbonyl (C=O) groups excluding carboxylic acids is 2. The third kappa shape index (κ3) is 6.90. The number of carbonyl (C=O) groups is 2. The molecule has 0 fully saturated rings. The Hall–Kier alpha value is -1.10. The Kier molecular flexibility index (Phi) is 7.62. The number of esters is 2. The summed E-state index contributed by atoms with van der Waals surface area (Å²) in [6.45, 7) is 2.77. The van der Waals surface area contributed by atoms with Crippen LogP contribution in [0.15, 0.2) is 0 Å². The van der Waals surface area contributed by atoms with Crippen LogP contribution in [0.3, 0.4) is 0 Å². The van der Waals surface area contributed by atoms with E-state index in [4.69, 9.17) is 4.74 Å². The molecule has 0 heterocycles. The molecule has 5 nitrogen and oxygen atoms in total. The molecule has 0 aromatic rings. The van der Waals surface area contributed by atoms with Crippen LogP contribution in [0.5, 0.6) is 0 Å². The topological polar surface area (TPSA) is 61.8 Å². The van der Waals surface area contributed by atoms with E-state index >= 15 is 0 Å². The van der Waals surface area contributed by atoms with Gasteiger partial charge in [0.2, 0.25) is 0 Å². The van der Waals surface area contributed by atoms with E-state index in [9.17, 15) is 9.59 Å². The van der Waals surface area contributed by atoms with Gasteiger partial charge in [-0.1, -0.05) is 0 Å². The predicted molar refractivity (Wildman–Crippen MR) is 53.2 cm³/mol. The van der Waals surface area contributed by atoms with Crippen LogP contribution in [0, 0.1) is 5.92 Å². The van der Waals surface area contributed by atoms with Crippen molar-refractivity contribution in [3.63, 3.8) is 0 Å². The average Bonchev–Trinajstić information content (AvgIpc) is 2.25. The summed E-state index contributed by atoms with van der Waals surface area (Å²) >= 11 is 0. The molecule has 0 N–H and O–H groups in total. The molecule has 5 heteroatoms. The van der Waals surface area contributed by atoms with Crippen molar-refractivity contribution in [3.8, 4) is 0 Å². The smallest absolute Gasteiger partial charge is 0.305 e. The second kappa shape index (κ2) is 8.23. The summed E-state index contributed by atoms with van der Waals surface area (Å²) in [6, 6.07) is 0. The number of hydrogen-bond donors (Lipinski definition) is 0. The van der Waals surface area contributed by atoms with E-state index in [1.165, 1.54) is 14.2 Å². The molecule has 0 spiro atoms. The zero-order valence-corrected chi connectivity index (χ0v) is 9.45. The third-order valence-electron chi connectivity index (χ3n) is 1.92. The van der Waals surface area contributed by atoms with E-state index in [1.54, 1.807) is 0 Å². The Balaban J connectivity index is 4.05. The van der Waals surface area contributed by atoms with Gasteiger partial charge in [-0.25, -0.2) is 0 Å². The lowest BCUT2D eigenvalue weighted by Crippen LogP contribution is -2.19. The van der Waals surface area contributed by atoms with Crippen LogP contribution >= 0.6 is 0 Å². The van der Waals surface area contributed by atoms with Crippen molar-refractivity contribution in [1.82, 2.24) is 0 Å². The van der Waals surface area contributed by atoms with Gasteiger partial charge in [-0.2, -0.15) is 0 Å². The molecule has 0 saturated carbocycles. The minimum absolute atomic E-state index is 0.172. The molecule has 0 rings (SSSR count). The van der Waals surface area contributed by atoms with Gasteiger partial charge in [0.25, 0.3) is 0 Å². The fourth-order valence-electron chi connectivity index (χ4n) is 1.11. The summed E-state index contributed by atoms with van der Waals surface area (Å²) in [6.07, 6.45) is 0.344. The van der Waals surface area contributed by atoms with Crippen molar-refractivity contribution in [2.75, 3.05) is 27.4 Å². The minimum atomic E-state index is -0.344. The Morgan fingerprint density at radius 2 is 1.53 bits per heavy atom. The molecule has 0 aromatic heterocycles. The Bertz CT molecular complexity index is 184. The predicted octanol–water partition coefficient (Wildman–Crippen LogP) is 0.765. The fraction of sp³-hybridized carbons (Fsp3) is 0.800. The minimum Gasteiger partial charge on any atom is -0.469 e. The summed E-state index contributed by atoms with van der Waals surface area (Å²) < 4.78 is 14.2. The zero-order valence-electron chi connectivity index (χ0n) is 9.45.